The third-order valence-electron chi connectivity index (χ3n) is 4.44. The molecule has 0 aliphatic carbocycles. The third-order valence-corrected chi connectivity index (χ3v) is 4.44. The second-order valence-electron chi connectivity index (χ2n) is 6.23. The van der Waals surface area contributed by atoms with Gasteiger partial charge in [-0.05, 0) is 37.3 Å². The minimum absolute atomic E-state index is 0.820. The van der Waals surface area contributed by atoms with E-state index in [0.717, 1.165) is 34.0 Å². The van der Waals surface area contributed by atoms with Gasteiger partial charge in [0.2, 0.25) is 0 Å². The van der Waals surface area contributed by atoms with Gasteiger partial charge in [0.15, 0.2) is 0 Å². The first-order valence-electron chi connectivity index (χ1n) is 8.62. The lowest BCUT2D eigenvalue weighted by Gasteiger charge is -2.08. The standard InChI is InChI=1S/C23H20N2O/c1-17-12-14-18(15-13-17)22-16-21(20-10-6-7-11-23(20)26-2)24-25(22)19-8-4-3-5-9-19/h3-16H,1-2H3. The van der Waals surface area contributed by atoms with Gasteiger partial charge in [-0.3, -0.25) is 0 Å². The van der Waals surface area contributed by atoms with E-state index in [2.05, 4.69) is 49.4 Å². The first kappa shape index (κ1) is 16.2. The van der Waals surface area contributed by atoms with Crippen molar-refractivity contribution < 1.29 is 4.74 Å². The van der Waals surface area contributed by atoms with Crippen molar-refractivity contribution in [1.29, 1.82) is 0 Å². The molecule has 0 spiro atoms. The number of ether oxygens (including phenoxy) is 1. The predicted octanol–water partition coefficient (Wildman–Crippen LogP) is 5.52. The molecule has 0 saturated carbocycles. The van der Waals surface area contributed by atoms with E-state index in [1.165, 1.54) is 5.56 Å². The maximum absolute atomic E-state index is 5.53. The lowest BCUT2D eigenvalue weighted by Crippen LogP contribution is -1.99. The van der Waals surface area contributed by atoms with Crippen LogP contribution >= 0.6 is 0 Å². The van der Waals surface area contributed by atoms with Gasteiger partial charge in [-0.25, -0.2) is 4.68 Å². The van der Waals surface area contributed by atoms with E-state index in [1.807, 2.05) is 47.1 Å². The summed E-state index contributed by atoms with van der Waals surface area (Å²) in [6.07, 6.45) is 0. The van der Waals surface area contributed by atoms with Crippen molar-refractivity contribution in [2.24, 2.45) is 0 Å². The molecule has 1 heterocycles. The number of hydrogen-bond acceptors (Lipinski definition) is 2. The zero-order valence-electron chi connectivity index (χ0n) is 14.9. The fourth-order valence-electron chi connectivity index (χ4n) is 3.06. The molecule has 3 heteroatoms. The van der Waals surface area contributed by atoms with Crippen LogP contribution in [0.25, 0.3) is 28.2 Å². The molecule has 1 aromatic heterocycles. The summed E-state index contributed by atoms with van der Waals surface area (Å²) in [7, 11) is 1.69. The Morgan fingerprint density at radius 1 is 0.808 bits per heavy atom. The highest BCUT2D eigenvalue weighted by molar-refractivity contribution is 5.74. The molecule has 0 unspecified atom stereocenters. The quantitative estimate of drug-likeness (QED) is 0.489. The summed E-state index contributed by atoms with van der Waals surface area (Å²) in [6.45, 7) is 2.10. The van der Waals surface area contributed by atoms with Crippen molar-refractivity contribution in [3.8, 4) is 34.0 Å². The van der Waals surface area contributed by atoms with Crippen LogP contribution < -0.4 is 4.74 Å². The van der Waals surface area contributed by atoms with Gasteiger partial charge in [0.25, 0.3) is 0 Å². The van der Waals surface area contributed by atoms with Crippen LogP contribution in [0.2, 0.25) is 0 Å². The molecule has 0 saturated heterocycles. The van der Waals surface area contributed by atoms with Crippen molar-refractivity contribution in [3.63, 3.8) is 0 Å². The van der Waals surface area contributed by atoms with Crippen LogP contribution in [-0.2, 0) is 0 Å². The number of benzene rings is 3. The molecule has 0 amide bonds. The molecule has 0 radical (unpaired) electrons. The van der Waals surface area contributed by atoms with Crippen LogP contribution in [-0.4, -0.2) is 16.9 Å². The van der Waals surface area contributed by atoms with Crippen LogP contribution in [0.4, 0.5) is 0 Å². The summed E-state index contributed by atoms with van der Waals surface area (Å²) in [5.74, 6) is 0.820. The smallest absolute Gasteiger partial charge is 0.128 e. The summed E-state index contributed by atoms with van der Waals surface area (Å²) in [4.78, 5) is 0. The van der Waals surface area contributed by atoms with Gasteiger partial charge in [0.1, 0.15) is 5.75 Å². The Balaban J connectivity index is 1.92. The third kappa shape index (κ3) is 3.00. The summed E-state index contributed by atoms with van der Waals surface area (Å²) < 4.78 is 7.52. The maximum Gasteiger partial charge on any atom is 0.128 e. The number of hydrogen-bond donors (Lipinski definition) is 0. The average molecular weight is 340 g/mol. The van der Waals surface area contributed by atoms with Crippen LogP contribution in [0.1, 0.15) is 5.56 Å². The highest BCUT2D eigenvalue weighted by Gasteiger charge is 2.15. The van der Waals surface area contributed by atoms with Crippen LogP contribution in [0.3, 0.4) is 0 Å². The molecule has 3 aromatic carbocycles. The maximum atomic E-state index is 5.53. The molecule has 26 heavy (non-hydrogen) atoms. The van der Waals surface area contributed by atoms with Gasteiger partial charge in [-0.15, -0.1) is 0 Å². The van der Waals surface area contributed by atoms with Gasteiger partial charge in [-0.2, -0.15) is 5.10 Å². The van der Waals surface area contributed by atoms with Crippen molar-refractivity contribution in [1.82, 2.24) is 9.78 Å². The Morgan fingerprint density at radius 3 is 2.23 bits per heavy atom. The Hall–Kier alpha value is -3.33. The molecule has 0 fully saturated rings. The Kier molecular flexibility index (Phi) is 4.28. The molecule has 3 nitrogen and oxygen atoms in total. The van der Waals surface area contributed by atoms with Crippen molar-refractivity contribution in [2.45, 2.75) is 6.92 Å². The molecule has 128 valence electrons. The molecule has 4 rings (SSSR count). The van der Waals surface area contributed by atoms with Crippen molar-refractivity contribution in [3.05, 3.63) is 90.5 Å². The van der Waals surface area contributed by atoms with Gasteiger partial charge >= 0.3 is 0 Å². The number of nitrogens with zero attached hydrogens (tertiary/aromatic N) is 2. The van der Waals surface area contributed by atoms with Crippen molar-refractivity contribution >= 4 is 0 Å². The fourth-order valence-corrected chi connectivity index (χ4v) is 3.06. The van der Waals surface area contributed by atoms with E-state index in [-0.39, 0.29) is 0 Å². The van der Waals surface area contributed by atoms with E-state index < -0.39 is 0 Å². The summed E-state index contributed by atoms with van der Waals surface area (Å²) in [6, 6.07) is 28.8. The average Bonchev–Trinajstić information content (AvgIpc) is 3.14. The monoisotopic (exact) mass is 340 g/mol. The largest absolute Gasteiger partial charge is 0.496 e. The van der Waals surface area contributed by atoms with E-state index in [1.54, 1.807) is 7.11 Å². The molecular weight excluding hydrogens is 320 g/mol. The fraction of sp³-hybridized carbons (Fsp3) is 0.0870. The second kappa shape index (κ2) is 6.89. The topological polar surface area (TPSA) is 27.1 Å². The minimum Gasteiger partial charge on any atom is -0.496 e. The lowest BCUT2D eigenvalue weighted by molar-refractivity contribution is 0.416. The van der Waals surface area contributed by atoms with Gasteiger partial charge in [0.05, 0.1) is 24.2 Å². The Bertz CT molecular complexity index is 1020. The molecule has 4 aromatic rings. The molecule has 0 bridgehead atoms. The zero-order valence-corrected chi connectivity index (χ0v) is 14.9. The minimum atomic E-state index is 0.820. The highest BCUT2D eigenvalue weighted by Crippen LogP contribution is 2.33. The Labute approximate surface area is 153 Å². The first-order valence-corrected chi connectivity index (χ1v) is 8.62. The van der Waals surface area contributed by atoms with E-state index in [4.69, 9.17) is 9.84 Å². The number of methoxy groups -OCH3 is 1. The molecule has 0 atom stereocenters. The SMILES string of the molecule is COc1ccccc1-c1cc(-c2ccc(C)cc2)n(-c2ccccc2)n1. The summed E-state index contributed by atoms with van der Waals surface area (Å²) >= 11 is 0. The van der Waals surface area contributed by atoms with Gasteiger partial charge < -0.3 is 4.74 Å². The van der Waals surface area contributed by atoms with Gasteiger partial charge in [0, 0.05) is 11.1 Å². The van der Waals surface area contributed by atoms with E-state index in [0.29, 0.717) is 0 Å². The lowest BCUT2D eigenvalue weighted by atomic mass is 10.1. The van der Waals surface area contributed by atoms with E-state index >= 15 is 0 Å². The second-order valence-corrected chi connectivity index (χ2v) is 6.23. The molecule has 0 aliphatic rings. The summed E-state index contributed by atoms with van der Waals surface area (Å²) in [5, 5.41) is 4.89. The molecular formula is C23H20N2O. The number of aryl methyl sites for hydroxylation is 1. The van der Waals surface area contributed by atoms with Crippen LogP contribution in [0, 0.1) is 6.92 Å². The summed E-state index contributed by atoms with van der Waals surface area (Å²) in [5.41, 5.74) is 6.33. The number of aromatic nitrogens is 2. The highest BCUT2D eigenvalue weighted by atomic mass is 16.5. The zero-order chi connectivity index (χ0) is 17.9. The normalized spacial score (nSPS) is 10.7. The predicted molar refractivity (Wildman–Crippen MR) is 106 cm³/mol. The van der Waals surface area contributed by atoms with Gasteiger partial charge in [-0.1, -0.05) is 60.2 Å². The number of rotatable bonds is 4. The molecule has 0 aliphatic heterocycles. The molecule has 0 N–H and O–H groups in total. The van der Waals surface area contributed by atoms with E-state index in [9.17, 15) is 0 Å². The van der Waals surface area contributed by atoms with Crippen LogP contribution in [0.15, 0.2) is 84.9 Å². The Morgan fingerprint density at radius 2 is 1.50 bits per heavy atom. The van der Waals surface area contributed by atoms with Crippen molar-refractivity contribution in [2.75, 3.05) is 7.11 Å². The van der Waals surface area contributed by atoms with Crippen LogP contribution in [0.5, 0.6) is 5.75 Å². The first-order chi connectivity index (χ1) is 12.8. The number of para-hydroxylation sites is 2.